The third-order valence-electron chi connectivity index (χ3n) is 3.94. The van der Waals surface area contributed by atoms with E-state index in [-0.39, 0.29) is 11.2 Å². The number of nitrogens with zero attached hydrogens (tertiary/aromatic N) is 1. The van der Waals surface area contributed by atoms with Gasteiger partial charge >= 0.3 is 6.18 Å². The van der Waals surface area contributed by atoms with Crippen LogP contribution in [0.25, 0.3) is 0 Å². The molecule has 1 heterocycles. The van der Waals surface area contributed by atoms with Gasteiger partial charge < -0.3 is 5.32 Å². The van der Waals surface area contributed by atoms with E-state index >= 15 is 0 Å². The average molecular weight is 349 g/mol. The summed E-state index contributed by atoms with van der Waals surface area (Å²) in [4.78, 5) is 15.2. The first-order valence-corrected chi connectivity index (χ1v) is 7.84. The van der Waals surface area contributed by atoms with Crippen molar-refractivity contribution in [2.24, 2.45) is 4.99 Å². The number of carbonyl (C=O) groups excluding carboxylic acids is 1. The minimum absolute atomic E-state index is 0.00240. The Bertz CT molecular complexity index is 677. The molecule has 0 spiro atoms. The lowest BCUT2D eigenvalue weighted by Crippen LogP contribution is -2.44. The van der Waals surface area contributed by atoms with Gasteiger partial charge in [0, 0.05) is 5.02 Å². The lowest BCUT2D eigenvalue weighted by Gasteiger charge is -2.23. The molecule has 0 bridgehead atoms. The first-order chi connectivity index (χ1) is 10.2. The molecule has 1 aromatic rings. The van der Waals surface area contributed by atoms with E-state index in [9.17, 15) is 18.0 Å². The molecule has 1 aromatic carbocycles. The Kier molecular flexibility index (Phi) is 3.68. The Labute approximate surface area is 134 Å². The number of carbonyl (C=O) groups is 1. The van der Waals surface area contributed by atoms with Crippen LogP contribution in [0.3, 0.4) is 0 Å². The molecule has 0 saturated heterocycles. The van der Waals surface area contributed by atoms with Crippen LogP contribution in [-0.4, -0.2) is 22.0 Å². The molecule has 3 rings (SSSR count). The zero-order chi connectivity index (χ0) is 16.1. The Balaban J connectivity index is 1.81. The molecule has 3 nitrogen and oxygen atoms in total. The number of halogens is 4. The van der Waals surface area contributed by atoms with Gasteiger partial charge in [-0.25, -0.2) is 0 Å². The summed E-state index contributed by atoms with van der Waals surface area (Å²) >= 11 is 6.59. The highest BCUT2D eigenvalue weighted by Crippen LogP contribution is 2.47. The lowest BCUT2D eigenvalue weighted by atomic mass is 10.1. The molecule has 0 saturated carbocycles. The zero-order valence-corrected chi connectivity index (χ0v) is 13.1. The minimum atomic E-state index is -4.65. The van der Waals surface area contributed by atoms with Gasteiger partial charge in [-0.3, -0.25) is 4.79 Å². The third-order valence-corrected chi connectivity index (χ3v) is 5.49. The SMILES string of the molecule is CC1(C(F)(F)F)SC(N[C@H]2CCc3cccc(Cl)c32)=NC1=O. The largest absolute Gasteiger partial charge is 0.412 e. The van der Waals surface area contributed by atoms with Crippen molar-refractivity contribution in [3.63, 3.8) is 0 Å². The van der Waals surface area contributed by atoms with E-state index in [1.165, 1.54) is 0 Å². The molecule has 2 atom stereocenters. The van der Waals surface area contributed by atoms with Gasteiger partial charge in [-0.15, -0.1) is 0 Å². The quantitative estimate of drug-likeness (QED) is 0.837. The number of fused-ring (bicyclic) bond motifs is 1. The van der Waals surface area contributed by atoms with Crippen LogP contribution in [0.2, 0.25) is 5.02 Å². The van der Waals surface area contributed by atoms with Crippen molar-refractivity contribution in [1.29, 1.82) is 0 Å². The van der Waals surface area contributed by atoms with Crippen molar-refractivity contribution in [3.05, 3.63) is 34.3 Å². The van der Waals surface area contributed by atoms with E-state index in [2.05, 4.69) is 10.3 Å². The number of benzene rings is 1. The summed E-state index contributed by atoms with van der Waals surface area (Å²) in [5.74, 6) is -1.18. The molecule has 1 amide bonds. The first kappa shape index (κ1) is 15.7. The standard InChI is InChI=1S/C14H12ClF3N2OS/c1-13(14(16,17)18)11(21)20-12(22-13)19-9-6-5-7-3-2-4-8(15)10(7)9/h2-4,9H,5-6H2,1H3,(H,19,20,21)/t9-,13?/m0/s1. The van der Waals surface area contributed by atoms with E-state index in [4.69, 9.17) is 11.6 Å². The summed E-state index contributed by atoms with van der Waals surface area (Å²) in [6, 6.07) is 5.31. The number of aliphatic imine (C=N–C) groups is 1. The summed E-state index contributed by atoms with van der Waals surface area (Å²) in [5.41, 5.74) is 1.94. The van der Waals surface area contributed by atoms with Gasteiger partial charge in [0.05, 0.1) is 6.04 Å². The molecule has 22 heavy (non-hydrogen) atoms. The minimum Gasteiger partial charge on any atom is -0.358 e. The highest BCUT2D eigenvalue weighted by Gasteiger charge is 2.61. The fraction of sp³-hybridized carbons (Fsp3) is 0.429. The number of alkyl halides is 3. The molecule has 1 aliphatic heterocycles. The number of rotatable bonds is 1. The molecule has 0 aromatic heterocycles. The summed E-state index contributed by atoms with van der Waals surface area (Å²) < 4.78 is 36.5. The van der Waals surface area contributed by atoms with Crippen LogP contribution in [0.15, 0.2) is 23.2 Å². The van der Waals surface area contributed by atoms with Crippen LogP contribution in [0.4, 0.5) is 13.2 Å². The smallest absolute Gasteiger partial charge is 0.358 e. The molecular weight excluding hydrogens is 337 g/mol. The van der Waals surface area contributed by atoms with E-state index in [1.807, 2.05) is 12.1 Å². The summed E-state index contributed by atoms with van der Waals surface area (Å²) in [7, 11) is 0. The average Bonchev–Trinajstić information content (AvgIpc) is 2.93. The van der Waals surface area contributed by atoms with Gasteiger partial charge in [0.1, 0.15) is 0 Å². The number of hydrogen-bond donors (Lipinski definition) is 1. The van der Waals surface area contributed by atoms with Crippen LogP contribution in [-0.2, 0) is 11.2 Å². The molecule has 1 aliphatic carbocycles. The van der Waals surface area contributed by atoms with Crippen LogP contribution >= 0.6 is 23.4 Å². The summed E-state index contributed by atoms with van der Waals surface area (Å²) in [6.07, 6.45) is -3.15. The number of hydrogen-bond acceptors (Lipinski definition) is 3. The Hall–Kier alpha value is -1.21. The predicted molar refractivity (Wildman–Crippen MR) is 80.1 cm³/mol. The molecule has 1 N–H and O–H groups in total. The molecule has 0 fully saturated rings. The van der Waals surface area contributed by atoms with E-state index in [0.717, 1.165) is 24.5 Å². The van der Waals surface area contributed by atoms with Crippen molar-refractivity contribution in [1.82, 2.24) is 5.32 Å². The number of amidine groups is 1. The first-order valence-electron chi connectivity index (χ1n) is 6.65. The monoisotopic (exact) mass is 348 g/mol. The number of nitrogens with one attached hydrogen (secondary N) is 1. The van der Waals surface area contributed by atoms with Crippen molar-refractivity contribution >= 4 is 34.4 Å². The summed E-state index contributed by atoms with van der Waals surface area (Å²) in [6.45, 7) is 0.855. The second kappa shape index (κ2) is 5.16. The Morgan fingerprint density at radius 3 is 2.82 bits per heavy atom. The van der Waals surface area contributed by atoms with Crippen LogP contribution < -0.4 is 5.32 Å². The fourth-order valence-electron chi connectivity index (χ4n) is 2.63. The normalized spacial score (nSPS) is 27.8. The fourth-order valence-corrected chi connectivity index (χ4v) is 3.92. The molecule has 8 heteroatoms. The molecular formula is C14H12ClF3N2OS. The van der Waals surface area contributed by atoms with E-state index in [0.29, 0.717) is 23.2 Å². The predicted octanol–water partition coefficient (Wildman–Crippen LogP) is 3.87. The van der Waals surface area contributed by atoms with E-state index < -0.39 is 16.8 Å². The molecule has 2 aliphatic rings. The van der Waals surface area contributed by atoms with Gasteiger partial charge in [0.25, 0.3) is 5.91 Å². The van der Waals surface area contributed by atoms with Gasteiger partial charge in [0.2, 0.25) is 0 Å². The second-order valence-electron chi connectivity index (χ2n) is 5.40. The Morgan fingerprint density at radius 2 is 2.18 bits per heavy atom. The maximum Gasteiger partial charge on any atom is 0.412 e. The van der Waals surface area contributed by atoms with Crippen molar-refractivity contribution in [2.75, 3.05) is 0 Å². The van der Waals surface area contributed by atoms with Crippen LogP contribution in [0.5, 0.6) is 0 Å². The van der Waals surface area contributed by atoms with Crippen molar-refractivity contribution in [2.45, 2.75) is 36.7 Å². The van der Waals surface area contributed by atoms with Gasteiger partial charge in [-0.1, -0.05) is 35.5 Å². The van der Waals surface area contributed by atoms with Gasteiger partial charge in [0.15, 0.2) is 9.91 Å². The molecule has 1 unspecified atom stereocenters. The van der Waals surface area contributed by atoms with Crippen LogP contribution in [0, 0.1) is 0 Å². The van der Waals surface area contributed by atoms with Gasteiger partial charge in [-0.05, 0) is 37.0 Å². The number of aryl methyl sites for hydroxylation is 1. The zero-order valence-electron chi connectivity index (χ0n) is 11.5. The molecule has 118 valence electrons. The van der Waals surface area contributed by atoms with Crippen molar-refractivity contribution in [3.8, 4) is 0 Å². The summed E-state index contributed by atoms with van der Waals surface area (Å²) in [5, 5.41) is 3.51. The highest BCUT2D eigenvalue weighted by atomic mass is 35.5. The number of amides is 1. The van der Waals surface area contributed by atoms with Crippen LogP contribution in [0.1, 0.15) is 30.5 Å². The van der Waals surface area contributed by atoms with Crippen molar-refractivity contribution < 1.29 is 18.0 Å². The maximum atomic E-state index is 13.0. The van der Waals surface area contributed by atoms with E-state index in [1.54, 1.807) is 6.07 Å². The third kappa shape index (κ3) is 2.40. The lowest BCUT2D eigenvalue weighted by molar-refractivity contribution is -0.165. The topological polar surface area (TPSA) is 41.5 Å². The number of thioether (sulfide) groups is 1. The maximum absolute atomic E-state index is 13.0. The van der Waals surface area contributed by atoms with Gasteiger partial charge in [-0.2, -0.15) is 18.2 Å². The highest BCUT2D eigenvalue weighted by molar-refractivity contribution is 8.16. The molecule has 0 radical (unpaired) electrons. The second-order valence-corrected chi connectivity index (χ2v) is 7.22. The Morgan fingerprint density at radius 1 is 1.45 bits per heavy atom.